The number of nitrogens with one attached hydrogen (secondary N) is 1. The summed E-state index contributed by atoms with van der Waals surface area (Å²) in [5.41, 5.74) is 4.88. The highest BCUT2D eigenvalue weighted by atomic mass is 79.9. The van der Waals surface area contributed by atoms with Gasteiger partial charge in [-0.15, -0.1) is 0 Å². The fourth-order valence-corrected chi connectivity index (χ4v) is 1.26. The quantitative estimate of drug-likeness (QED) is 0.780. The fourth-order valence-electron chi connectivity index (χ4n) is 0.765. The highest BCUT2D eigenvalue weighted by Crippen LogP contribution is 2.33. The second-order valence-corrected chi connectivity index (χ2v) is 3.11. The highest BCUT2D eigenvalue weighted by Gasteiger charge is 2.39. The Morgan fingerprint density at radius 2 is 2.08 bits per heavy atom. The predicted molar refractivity (Wildman–Crippen MR) is 41.5 cm³/mol. The summed E-state index contributed by atoms with van der Waals surface area (Å²) in [5.74, 6) is 0. The second kappa shape index (κ2) is 3.10. The number of halogens is 4. The van der Waals surface area contributed by atoms with Crippen LogP contribution in [0.25, 0.3) is 0 Å². The zero-order valence-electron chi connectivity index (χ0n) is 5.82. The van der Waals surface area contributed by atoms with E-state index in [2.05, 4.69) is 20.9 Å². The van der Waals surface area contributed by atoms with Gasteiger partial charge in [-0.25, -0.2) is 0 Å². The van der Waals surface area contributed by atoms with E-state index in [1.165, 1.54) is 12.3 Å². The number of hydrogen-bond acceptors (Lipinski definition) is 1. The zero-order valence-corrected chi connectivity index (χ0v) is 7.41. The normalized spacial score (nSPS) is 14.8. The molecule has 0 fully saturated rings. The summed E-state index contributed by atoms with van der Waals surface area (Å²) in [6, 6.07) is -0.483. The van der Waals surface area contributed by atoms with Crippen LogP contribution in [0.1, 0.15) is 11.7 Å². The van der Waals surface area contributed by atoms with E-state index < -0.39 is 12.2 Å². The van der Waals surface area contributed by atoms with Crippen molar-refractivity contribution in [2.75, 3.05) is 0 Å². The third-order valence-electron chi connectivity index (χ3n) is 1.39. The Kier molecular flexibility index (Phi) is 2.48. The first kappa shape index (κ1) is 9.60. The maximum absolute atomic E-state index is 12.0. The SMILES string of the molecule is N[C@H](c1[nH]ccc1Br)C(F)(F)F. The number of H-pyrrole nitrogens is 1. The summed E-state index contributed by atoms with van der Waals surface area (Å²) in [4.78, 5) is 2.42. The molecule has 2 nitrogen and oxygen atoms in total. The molecule has 0 saturated carbocycles. The van der Waals surface area contributed by atoms with Crippen molar-refractivity contribution in [3.8, 4) is 0 Å². The van der Waals surface area contributed by atoms with Gasteiger partial charge in [0.2, 0.25) is 0 Å². The largest absolute Gasteiger partial charge is 0.409 e. The van der Waals surface area contributed by atoms with Gasteiger partial charge in [-0.3, -0.25) is 0 Å². The Morgan fingerprint density at radius 3 is 2.42 bits per heavy atom. The first-order chi connectivity index (χ1) is 5.43. The lowest BCUT2D eigenvalue weighted by Gasteiger charge is -2.14. The number of nitrogens with two attached hydrogens (primary N) is 1. The van der Waals surface area contributed by atoms with E-state index >= 15 is 0 Å². The van der Waals surface area contributed by atoms with Crippen molar-refractivity contribution >= 4 is 15.9 Å². The molecule has 0 amide bonds. The lowest BCUT2D eigenvalue weighted by molar-refractivity contribution is -0.150. The molecule has 0 aliphatic rings. The molecule has 1 atom stereocenters. The number of rotatable bonds is 1. The van der Waals surface area contributed by atoms with Gasteiger partial charge < -0.3 is 10.7 Å². The molecule has 0 unspecified atom stereocenters. The van der Waals surface area contributed by atoms with Gasteiger partial charge in [0.1, 0.15) is 6.04 Å². The summed E-state index contributed by atoms with van der Waals surface area (Å²) in [6.45, 7) is 0. The first-order valence-corrected chi connectivity index (χ1v) is 3.87. The number of aromatic amines is 1. The van der Waals surface area contributed by atoms with Crippen molar-refractivity contribution in [1.29, 1.82) is 0 Å². The Labute approximate surface area is 75.1 Å². The predicted octanol–water partition coefficient (Wildman–Crippen LogP) is 2.34. The fraction of sp³-hybridized carbons (Fsp3) is 0.333. The minimum absolute atomic E-state index is 0.0532. The Bertz CT molecular complexity index is 268. The van der Waals surface area contributed by atoms with Gasteiger partial charge in [-0.05, 0) is 22.0 Å². The van der Waals surface area contributed by atoms with Crippen molar-refractivity contribution in [2.24, 2.45) is 5.73 Å². The van der Waals surface area contributed by atoms with Crippen LogP contribution in [0, 0.1) is 0 Å². The molecule has 0 radical (unpaired) electrons. The lowest BCUT2D eigenvalue weighted by atomic mass is 10.2. The molecule has 0 spiro atoms. The van der Waals surface area contributed by atoms with Crippen molar-refractivity contribution in [3.05, 3.63) is 22.4 Å². The summed E-state index contributed by atoms with van der Waals surface area (Å²) >= 11 is 2.95. The molecule has 0 aromatic carbocycles. The van der Waals surface area contributed by atoms with Crippen LogP contribution < -0.4 is 5.73 Å². The van der Waals surface area contributed by atoms with E-state index in [9.17, 15) is 13.2 Å². The van der Waals surface area contributed by atoms with Crippen molar-refractivity contribution in [2.45, 2.75) is 12.2 Å². The lowest BCUT2D eigenvalue weighted by Crippen LogP contribution is -2.28. The van der Waals surface area contributed by atoms with Crippen LogP contribution in [0.15, 0.2) is 16.7 Å². The number of hydrogen-bond donors (Lipinski definition) is 2. The Hall–Kier alpha value is -0.490. The van der Waals surface area contributed by atoms with Gasteiger partial charge in [0.15, 0.2) is 0 Å². The van der Waals surface area contributed by atoms with E-state index in [1.807, 2.05) is 0 Å². The molecule has 1 aromatic heterocycles. The standard InChI is InChI=1S/C6H6BrF3N2/c7-3-1-2-12-4(3)5(11)6(8,9)10/h1-2,5,12H,11H2/t5-/m1/s1. The zero-order chi connectivity index (χ0) is 9.35. The summed E-state index contributed by atoms with van der Waals surface area (Å²) < 4.78 is 36.4. The molecule has 6 heteroatoms. The minimum Gasteiger partial charge on any atom is -0.362 e. The molecule has 12 heavy (non-hydrogen) atoms. The van der Waals surface area contributed by atoms with E-state index in [-0.39, 0.29) is 5.69 Å². The van der Waals surface area contributed by atoms with E-state index in [4.69, 9.17) is 5.73 Å². The Morgan fingerprint density at radius 1 is 1.50 bits per heavy atom. The smallest absolute Gasteiger partial charge is 0.362 e. The van der Waals surface area contributed by atoms with Gasteiger partial charge in [0.25, 0.3) is 0 Å². The van der Waals surface area contributed by atoms with E-state index in [0.717, 1.165) is 0 Å². The second-order valence-electron chi connectivity index (χ2n) is 2.26. The van der Waals surface area contributed by atoms with Crippen LogP contribution in [-0.4, -0.2) is 11.2 Å². The molecule has 0 aliphatic heterocycles. The van der Waals surface area contributed by atoms with Crippen LogP contribution in [0.4, 0.5) is 13.2 Å². The minimum atomic E-state index is -4.41. The summed E-state index contributed by atoms with van der Waals surface area (Å²) in [6.07, 6.45) is -3.02. The highest BCUT2D eigenvalue weighted by molar-refractivity contribution is 9.10. The molecular formula is C6H6BrF3N2. The van der Waals surface area contributed by atoms with Crippen LogP contribution in [0.2, 0.25) is 0 Å². The summed E-state index contributed by atoms with van der Waals surface area (Å²) in [5, 5.41) is 0. The van der Waals surface area contributed by atoms with Crippen LogP contribution >= 0.6 is 15.9 Å². The van der Waals surface area contributed by atoms with E-state index in [0.29, 0.717) is 4.47 Å². The topological polar surface area (TPSA) is 41.8 Å². The molecule has 1 rings (SSSR count). The third kappa shape index (κ3) is 1.81. The molecule has 0 saturated heterocycles. The van der Waals surface area contributed by atoms with Crippen LogP contribution in [-0.2, 0) is 0 Å². The molecule has 1 aromatic rings. The number of alkyl halides is 3. The van der Waals surface area contributed by atoms with Gasteiger partial charge >= 0.3 is 6.18 Å². The Balaban J connectivity index is 2.92. The van der Waals surface area contributed by atoms with Gasteiger partial charge in [-0.2, -0.15) is 13.2 Å². The molecule has 0 aliphatic carbocycles. The van der Waals surface area contributed by atoms with Gasteiger partial charge in [-0.1, -0.05) is 0 Å². The molecule has 3 N–H and O–H groups in total. The third-order valence-corrected chi connectivity index (χ3v) is 2.08. The maximum atomic E-state index is 12.0. The molecular weight excluding hydrogens is 237 g/mol. The van der Waals surface area contributed by atoms with Crippen LogP contribution in [0.5, 0.6) is 0 Å². The molecule has 0 bridgehead atoms. The molecule has 68 valence electrons. The van der Waals surface area contributed by atoms with Gasteiger partial charge in [0, 0.05) is 10.7 Å². The van der Waals surface area contributed by atoms with Crippen LogP contribution in [0.3, 0.4) is 0 Å². The average molecular weight is 243 g/mol. The van der Waals surface area contributed by atoms with Crippen molar-refractivity contribution < 1.29 is 13.2 Å². The first-order valence-electron chi connectivity index (χ1n) is 3.08. The monoisotopic (exact) mass is 242 g/mol. The van der Waals surface area contributed by atoms with Crippen molar-refractivity contribution in [1.82, 2.24) is 4.98 Å². The van der Waals surface area contributed by atoms with Crippen molar-refractivity contribution in [3.63, 3.8) is 0 Å². The summed E-state index contributed by atoms with van der Waals surface area (Å²) in [7, 11) is 0. The molecule has 1 heterocycles. The number of aromatic nitrogens is 1. The maximum Gasteiger partial charge on any atom is 0.409 e. The van der Waals surface area contributed by atoms with E-state index in [1.54, 1.807) is 0 Å². The van der Waals surface area contributed by atoms with Gasteiger partial charge in [0.05, 0.1) is 5.69 Å². The average Bonchev–Trinajstić information content (AvgIpc) is 2.31.